The van der Waals surface area contributed by atoms with Crippen molar-refractivity contribution in [2.75, 3.05) is 6.54 Å². The van der Waals surface area contributed by atoms with E-state index in [1.165, 1.54) is 6.42 Å². The molecule has 0 radical (unpaired) electrons. The zero-order valence-electron chi connectivity index (χ0n) is 8.10. The molecule has 1 rings (SSSR count). The van der Waals surface area contributed by atoms with Gasteiger partial charge in [0.15, 0.2) is 0 Å². The number of hydrogen-bond acceptors (Lipinski definition) is 2. The second-order valence-electron chi connectivity index (χ2n) is 3.58. The van der Waals surface area contributed by atoms with E-state index in [4.69, 9.17) is 0 Å². The predicted molar refractivity (Wildman–Crippen MR) is 50.1 cm³/mol. The number of carbonyl (C=O) groups excluding carboxylic acids is 1. The smallest absolute Gasteiger partial charge is 0.135 e. The average Bonchev–Trinajstić information content (AvgIpc) is 2.52. The van der Waals surface area contributed by atoms with Gasteiger partial charge < -0.3 is 5.32 Å². The summed E-state index contributed by atoms with van der Waals surface area (Å²) in [4.78, 5) is 11.3. The lowest BCUT2D eigenvalue weighted by molar-refractivity contribution is -0.122. The van der Waals surface area contributed by atoms with Crippen molar-refractivity contribution in [3.05, 3.63) is 0 Å². The van der Waals surface area contributed by atoms with Crippen LogP contribution in [0, 0.1) is 5.92 Å². The van der Waals surface area contributed by atoms with Crippen molar-refractivity contribution in [2.45, 2.75) is 45.6 Å². The molecular formula is C10H19NO. The Kier molecular flexibility index (Phi) is 3.73. The molecule has 0 saturated heterocycles. The molecule has 1 aliphatic rings. The first-order chi connectivity index (χ1) is 5.77. The molecule has 12 heavy (non-hydrogen) atoms. The summed E-state index contributed by atoms with van der Waals surface area (Å²) < 4.78 is 0. The van der Waals surface area contributed by atoms with Crippen LogP contribution in [0.15, 0.2) is 0 Å². The minimum absolute atomic E-state index is 0.360. The van der Waals surface area contributed by atoms with E-state index in [9.17, 15) is 4.79 Å². The summed E-state index contributed by atoms with van der Waals surface area (Å²) in [6.45, 7) is 5.11. The molecule has 0 bridgehead atoms. The normalized spacial score (nSPS) is 29.2. The second kappa shape index (κ2) is 4.61. The first-order valence-corrected chi connectivity index (χ1v) is 5.04. The number of nitrogens with one attached hydrogen (secondary N) is 1. The third-order valence-electron chi connectivity index (χ3n) is 2.73. The minimum atomic E-state index is 0.360. The maximum atomic E-state index is 11.3. The highest BCUT2D eigenvalue weighted by atomic mass is 16.1. The summed E-state index contributed by atoms with van der Waals surface area (Å²) in [6.07, 6.45) is 4.07. The van der Waals surface area contributed by atoms with E-state index >= 15 is 0 Å². The van der Waals surface area contributed by atoms with E-state index < -0.39 is 0 Å². The van der Waals surface area contributed by atoms with Gasteiger partial charge in [0.2, 0.25) is 0 Å². The summed E-state index contributed by atoms with van der Waals surface area (Å²) >= 11 is 0. The van der Waals surface area contributed by atoms with E-state index in [2.05, 4.69) is 12.2 Å². The fourth-order valence-electron chi connectivity index (χ4n) is 2.04. The first kappa shape index (κ1) is 9.72. The van der Waals surface area contributed by atoms with Gasteiger partial charge >= 0.3 is 0 Å². The number of rotatable bonds is 4. The van der Waals surface area contributed by atoms with Gasteiger partial charge in [0.25, 0.3) is 0 Å². The number of ketones is 1. The largest absolute Gasteiger partial charge is 0.314 e. The summed E-state index contributed by atoms with van der Waals surface area (Å²) in [7, 11) is 0. The topological polar surface area (TPSA) is 29.1 Å². The molecule has 0 aromatic heterocycles. The number of Topliss-reactive ketones (excluding diaryl/α,β-unsaturated/α-hetero) is 1. The quantitative estimate of drug-likeness (QED) is 0.694. The third kappa shape index (κ3) is 2.31. The van der Waals surface area contributed by atoms with Crippen LogP contribution < -0.4 is 5.32 Å². The molecule has 0 amide bonds. The van der Waals surface area contributed by atoms with Crippen LogP contribution in [0.5, 0.6) is 0 Å². The third-order valence-corrected chi connectivity index (χ3v) is 2.73. The zero-order chi connectivity index (χ0) is 8.97. The summed E-state index contributed by atoms with van der Waals surface area (Å²) in [5.74, 6) is 0.814. The zero-order valence-corrected chi connectivity index (χ0v) is 8.10. The van der Waals surface area contributed by atoms with Gasteiger partial charge in [-0.3, -0.25) is 4.79 Å². The van der Waals surface area contributed by atoms with Gasteiger partial charge in [-0.1, -0.05) is 13.8 Å². The summed E-state index contributed by atoms with van der Waals surface area (Å²) in [6, 6.07) is 0.607. The average molecular weight is 169 g/mol. The molecule has 2 nitrogen and oxygen atoms in total. The van der Waals surface area contributed by atoms with Gasteiger partial charge in [0, 0.05) is 18.4 Å². The molecule has 0 heterocycles. The molecule has 0 aromatic rings. The van der Waals surface area contributed by atoms with E-state index in [1.54, 1.807) is 0 Å². The molecule has 0 aromatic carbocycles. The molecule has 1 unspecified atom stereocenters. The fraction of sp³-hybridized carbons (Fsp3) is 0.900. The molecule has 1 fully saturated rings. The lowest BCUT2D eigenvalue weighted by atomic mass is 10.0. The van der Waals surface area contributed by atoms with Gasteiger partial charge in [0.05, 0.1) is 0 Å². The van der Waals surface area contributed by atoms with Crippen LogP contribution in [0.2, 0.25) is 0 Å². The van der Waals surface area contributed by atoms with Gasteiger partial charge in [-0.2, -0.15) is 0 Å². The Morgan fingerprint density at radius 3 is 2.75 bits per heavy atom. The molecule has 70 valence electrons. The van der Waals surface area contributed by atoms with E-state index in [0.717, 1.165) is 19.4 Å². The lowest BCUT2D eigenvalue weighted by Crippen LogP contribution is -2.26. The SMILES string of the molecule is CCNC1CC[C@H](C(=O)CC)C1. The van der Waals surface area contributed by atoms with Crippen LogP contribution >= 0.6 is 0 Å². The van der Waals surface area contributed by atoms with Gasteiger partial charge in [-0.15, -0.1) is 0 Å². The van der Waals surface area contributed by atoms with Crippen molar-refractivity contribution in [3.63, 3.8) is 0 Å². The summed E-state index contributed by atoms with van der Waals surface area (Å²) in [5.41, 5.74) is 0. The highest BCUT2D eigenvalue weighted by Crippen LogP contribution is 2.26. The van der Waals surface area contributed by atoms with Gasteiger partial charge in [-0.05, 0) is 25.8 Å². The molecule has 0 aliphatic heterocycles. The van der Waals surface area contributed by atoms with Crippen LogP contribution in [-0.4, -0.2) is 18.4 Å². The fourth-order valence-corrected chi connectivity index (χ4v) is 2.04. The van der Waals surface area contributed by atoms with E-state index in [0.29, 0.717) is 24.2 Å². The highest BCUT2D eigenvalue weighted by molar-refractivity contribution is 5.80. The molecule has 2 heteroatoms. The Balaban J connectivity index is 2.30. The van der Waals surface area contributed by atoms with Crippen molar-refractivity contribution in [2.24, 2.45) is 5.92 Å². The van der Waals surface area contributed by atoms with Crippen molar-refractivity contribution >= 4 is 5.78 Å². The number of hydrogen-bond donors (Lipinski definition) is 1. The summed E-state index contributed by atoms with van der Waals surface area (Å²) in [5, 5.41) is 3.40. The van der Waals surface area contributed by atoms with Crippen molar-refractivity contribution in [1.82, 2.24) is 5.32 Å². The van der Waals surface area contributed by atoms with Crippen LogP contribution in [0.3, 0.4) is 0 Å². The van der Waals surface area contributed by atoms with Crippen LogP contribution in [0.1, 0.15) is 39.5 Å². The molecule has 1 N–H and O–H groups in total. The lowest BCUT2D eigenvalue weighted by Gasteiger charge is -2.10. The first-order valence-electron chi connectivity index (χ1n) is 5.04. The van der Waals surface area contributed by atoms with E-state index in [1.807, 2.05) is 6.92 Å². The minimum Gasteiger partial charge on any atom is -0.314 e. The van der Waals surface area contributed by atoms with Crippen molar-refractivity contribution < 1.29 is 4.79 Å². The second-order valence-corrected chi connectivity index (χ2v) is 3.58. The maximum absolute atomic E-state index is 11.3. The number of carbonyl (C=O) groups is 1. The molecule has 0 spiro atoms. The Labute approximate surface area is 74.7 Å². The van der Waals surface area contributed by atoms with Crippen molar-refractivity contribution in [3.8, 4) is 0 Å². The van der Waals surface area contributed by atoms with Gasteiger partial charge in [0.1, 0.15) is 5.78 Å². The maximum Gasteiger partial charge on any atom is 0.135 e. The molecule has 2 atom stereocenters. The molecule has 1 saturated carbocycles. The predicted octanol–water partition coefficient (Wildman–Crippen LogP) is 1.74. The monoisotopic (exact) mass is 169 g/mol. The Morgan fingerprint density at radius 1 is 1.42 bits per heavy atom. The Hall–Kier alpha value is -0.370. The Bertz CT molecular complexity index is 156. The van der Waals surface area contributed by atoms with E-state index in [-0.39, 0.29) is 0 Å². The van der Waals surface area contributed by atoms with Crippen LogP contribution in [0.25, 0.3) is 0 Å². The molecular weight excluding hydrogens is 150 g/mol. The Morgan fingerprint density at radius 2 is 2.17 bits per heavy atom. The van der Waals surface area contributed by atoms with Crippen LogP contribution in [-0.2, 0) is 4.79 Å². The van der Waals surface area contributed by atoms with Crippen LogP contribution in [0.4, 0.5) is 0 Å². The van der Waals surface area contributed by atoms with Crippen molar-refractivity contribution in [1.29, 1.82) is 0 Å². The van der Waals surface area contributed by atoms with Gasteiger partial charge in [-0.25, -0.2) is 0 Å². The highest BCUT2D eigenvalue weighted by Gasteiger charge is 2.27. The standard InChI is InChI=1S/C10H19NO/c1-3-10(12)8-5-6-9(7-8)11-4-2/h8-9,11H,3-7H2,1-2H3/t8-,9?/m0/s1. The molecule has 1 aliphatic carbocycles.